The minimum atomic E-state index is -4.69. The van der Waals surface area contributed by atoms with E-state index in [2.05, 4.69) is 4.84 Å². The zero-order valence-electron chi connectivity index (χ0n) is 9.97. The Morgan fingerprint density at radius 2 is 2.00 bits per heavy atom. The van der Waals surface area contributed by atoms with Gasteiger partial charge in [0.15, 0.2) is 6.61 Å². The van der Waals surface area contributed by atoms with Crippen LogP contribution in [-0.4, -0.2) is 26.1 Å². The van der Waals surface area contributed by atoms with Gasteiger partial charge in [-0.25, -0.2) is 8.42 Å². The molecule has 0 fully saturated rings. The van der Waals surface area contributed by atoms with E-state index >= 15 is 0 Å². The van der Waals surface area contributed by atoms with Crippen LogP contribution in [0.3, 0.4) is 0 Å². The summed E-state index contributed by atoms with van der Waals surface area (Å²) < 4.78 is 58.8. The van der Waals surface area contributed by atoms with Gasteiger partial charge in [-0.15, -0.1) is 0 Å². The number of non-ortho nitro benzene ring substituents is 1. The van der Waals surface area contributed by atoms with E-state index in [-0.39, 0.29) is 11.3 Å². The van der Waals surface area contributed by atoms with Crippen LogP contribution in [0.5, 0.6) is 0 Å². The molecule has 0 atom stereocenters. The summed E-state index contributed by atoms with van der Waals surface area (Å²) >= 11 is 0. The van der Waals surface area contributed by atoms with Crippen molar-refractivity contribution in [2.45, 2.75) is 18.0 Å². The van der Waals surface area contributed by atoms with Gasteiger partial charge in [-0.1, -0.05) is 4.89 Å². The van der Waals surface area contributed by atoms with Crippen molar-refractivity contribution in [3.63, 3.8) is 0 Å². The summed E-state index contributed by atoms with van der Waals surface area (Å²) in [5.74, 6) is 0. The molecule has 1 aromatic rings. The lowest BCUT2D eigenvalue weighted by molar-refractivity contribution is -0.385. The fourth-order valence-corrected chi connectivity index (χ4v) is 2.32. The van der Waals surface area contributed by atoms with Gasteiger partial charge >= 0.3 is 6.18 Å². The molecule has 7 nitrogen and oxygen atoms in total. The van der Waals surface area contributed by atoms with Crippen molar-refractivity contribution in [1.29, 1.82) is 0 Å². The second-order valence-electron chi connectivity index (χ2n) is 3.70. The predicted octanol–water partition coefficient (Wildman–Crippen LogP) is 1.68. The zero-order chi connectivity index (χ0) is 15.6. The monoisotopic (exact) mass is 314 g/mol. The quantitative estimate of drug-likeness (QED) is 0.658. The van der Waals surface area contributed by atoms with Crippen LogP contribution >= 0.6 is 0 Å². The van der Waals surface area contributed by atoms with Crippen LogP contribution in [0.25, 0.3) is 0 Å². The standard InChI is InChI=1S/C9H9F3N2O5S/c1-6-4-7(14(15)16)2-3-8(6)20(17,18)13-19-5-9(10,11)12/h2-4,13H,5H2,1H3. The number of halogens is 3. The molecule has 0 heterocycles. The van der Waals surface area contributed by atoms with Gasteiger partial charge in [-0.2, -0.15) is 13.2 Å². The first-order valence-electron chi connectivity index (χ1n) is 4.98. The molecule has 0 amide bonds. The molecule has 0 saturated heterocycles. The molecule has 0 bridgehead atoms. The Morgan fingerprint density at radius 1 is 1.40 bits per heavy atom. The van der Waals surface area contributed by atoms with Gasteiger partial charge < -0.3 is 0 Å². The number of nitro benzene ring substituents is 1. The third kappa shape index (κ3) is 4.43. The highest BCUT2D eigenvalue weighted by Crippen LogP contribution is 2.21. The molecule has 1 aromatic carbocycles. The summed E-state index contributed by atoms with van der Waals surface area (Å²) in [6, 6.07) is 2.82. The molecule has 11 heteroatoms. The van der Waals surface area contributed by atoms with E-state index in [0.717, 1.165) is 18.2 Å². The molecule has 0 saturated carbocycles. The lowest BCUT2D eigenvalue weighted by Crippen LogP contribution is -2.30. The Hall–Kier alpha value is -1.72. The Labute approximate surface area is 111 Å². The van der Waals surface area contributed by atoms with Crippen LogP contribution in [0.4, 0.5) is 18.9 Å². The molecule has 0 aliphatic heterocycles. The molecule has 0 unspecified atom stereocenters. The largest absolute Gasteiger partial charge is 0.413 e. The fourth-order valence-electron chi connectivity index (χ4n) is 1.28. The predicted molar refractivity (Wildman–Crippen MR) is 60.2 cm³/mol. The lowest BCUT2D eigenvalue weighted by Gasteiger charge is -2.10. The van der Waals surface area contributed by atoms with Crippen LogP contribution < -0.4 is 4.89 Å². The summed E-state index contributed by atoms with van der Waals surface area (Å²) in [5.41, 5.74) is -0.333. The fraction of sp³-hybridized carbons (Fsp3) is 0.333. The number of nitrogens with one attached hydrogen (secondary N) is 1. The molecular formula is C9H9F3N2O5S. The van der Waals surface area contributed by atoms with Gasteiger partial charge in [-0.05, 0) is 18.6 Å². The number of benzene rings is 1. The van der Waals surface area contributed by atoms with Gasteiger partial charge in [0.25, 0.3) is 15.7 Å². The molecule has 1 rings (SSSR count). The first-order valence-corrected chi connectivity index (χ1v) is 6.46. The molecule has 20 heavy (non-hydrogen) atoms. The van der Waals surface area contributed by atoms with Gasteiger partial charge in [0.2, 0.25) is 0 Å². The van der Waals surface area contributed by atoms with E-state index in [4.69, 9.17) is 0 Å². The SMILES string of the molecule is Cc1cc([N+](=O)[O-])ccc1S(=O)(=O)NOCC(F)(F)F. The van der Waals surface area contributed by atoms with Crippen molar-refractivity contribution >= 4 is 15.7 Å². The molecule has 0 spiro atoms. The number of hydrogen-bond acceptors (Lipinski definition) is 5. The van der Waals surface area contributed by atoms with Crippen LogP contribution in [0.15, 0.2) is 23.1 Å². The highest BCUT2D eigenvalue weighted by molar-refractivity contribution is 7.89. The zero-order valence-corrected chi connectivity index (χ0v) is 10.8. The Bertz CT molecular complexity index is 614. The van der Waals surface area contributed by atoms with Gasteiger partial charge in [-0.3, -0.25) is 15.0 Å². The van der Waals surface area contributed by atoms with E-state index in [9.17, 15) is 31.7 Å². The van der Waals surface area contributed by atoms with Gasteiger partial charge in [0.1, 0.15) is 0 Å². The number of aryl methyl sites for hydroxylation is 1. The summed E-state index contributed by atoms with van der Waals surface area (Å²) in [5, 5.41) is 10.5. The number of rotatable bonds is 5. The topological polar surface area (TPSA) is 98.5 Å². The third-order valence-corrected chi connectivity index (χ3v) is 3.44. The molecule has 112 valence electrons. The highest BCUT2D eigenvalue weighted by Gasteiger charge is 2.29. The Balaban J connectivity index is 2.91. The summed E-state index contributed by atoms with van der Waals surface area (Å²) in [7, 11) is -4.35. The Kier molecular flexibility index (Phi) is 4.68. The van der Waals surface area contributed by atoms with Crippen molar-refractivity contribution in [2.24, 2.45) is 0 Å². The van der Waals surface area contributed by atoms with Crippen molar-refractivity contribution in [3.8, 4) is 0 Å². The normalized spacial score (nSPS) is 12.4. The lowest BCUT2D eigenvalue weighted by atomic mass is 10.2. The first kappa shape index (κ1) is 16.3. The third-order valence-electron chi connectivity index (χ3n) is 2.06. The van der Waals surface area contributed by atoms with Crippen molar-refractivity contribution in [2.75, 3.05) is 6.61 Å². The summed E-state index contributed by atoms with van der Waals surface area (Å²) in [6.07, 6.45) is -4.69. The second-order valence-corrected chi connectivity index (χ2v) is 5.31. The van der Waals surface area contributed by atoms with Crippen molar-refractivity contribution < 1.29 is 31.3 Å². The average Bonchev–Trinajstić information content (AvgIpc) is 2.26. The summed E-state index contributed by atoms with van der Waals surface area (Å²) in [4.78, 5) is 14.5. The highest BCUT2D eigenvalue weighted by atomic mass is 32.2. The maximum atomic E-state index is 11.8. The van der Waals surface area contributed by atoms with E-state index in [1.165, 1.54) is 11.8 Å². The molecular weight excluding hydrogens is 305 g/mol. The van der Waals surface area contributed by atoms with Crippen LogP contribution in [0, 0.1) is 17.0 Å². The Morgan fingerprint density at radius 3 is 2.45 bits per heavy atom. The number of nitrogens with zero attached hydrogens (tertiary/aromatic N) is 1. The maximum Gasteiger partial charge on any atom is 0.413 e. The number of hydrogen-bond donors (Lipinski definition) is 1. The van der Waals surface area contributed by atoms with Crippen molar-refractivity contribution in [1.82, 2.24) is 4.89 Å². The van der Waals surface area contributed by atoms with Crippen LogP contribution in [-0.2, 0) is 14.9 Å². The minimum absolute atomic E-state index is 0.00214. The molecule has 0 radical (unpaired) electrons. The van der Waals surface area contributed by atoms with Crippen LogP contribution in [0.1, 0.15) is 5.56 Å². The van der Waals surface area contributed by atoms with Gasteiger partial charge in [0.05, 0.1) is 9.82 Å². The van der Waals surface area contributed by atoms with Gasteiger partial charge in [0, 0.05) is 12.1 Å². The van der Waals surface area contributed by atoms with E-state index < -0.39 is 32.6 Å². The molecule has 0 aliphatic carbocycles. The second kappa shape index (κ2) is 5.73. The number of alkyl halides is 3. The van der Waals surface area contributed by atoms with E-state index in [1.54, 1.807) is 0 Å². The van der Waals surface area contributed by atoms with E-state index in [0.29, 0.717) is 0 Å². The smallest absolute Gasteiger partial charge is 0.277 e. The average molecular weight is 314 g/mol. The minimum Gasteiger partial charge on any atom is -0.277 e. The summed E-state index contributed by atoms with van der Waals surface area (Å²) in [6.45, 7) is -0.524. The number of nitro groups is 1. The molecule has 1 N–H and O–H groups in total. The van der Waals surface area contributed by atoms with E-state index in [1.807, 2.05) is 0 Å². The van der Waals surface area contributed by atoms with Crippen molar-refractivity contribution in [3.05, 3.63) is 33.9 Å². The molecule has 0 aliphatic rings. The van der Waals surface area contributed by atoms with Crippen LogP contribution in [0.2, 0.25) is 0 Å². The maximum absolute atomic E-state index is 11.8. The number of sulfonamides is 1. The molecule has 0 aromatic heterocycles. The first-order chi connectivity index (χ1) is 9.03.